The van der Waals surface area contributed by atoms with Crippen molar-refractivity contribution in [3.05, 3.63) is 170 Å². The van der Waals surface area contributed by atoms with E-state index in [1.807, 2.05) is 0 Å². The van der Waals surface area contributed by atoms with E-state index in [9.17, 15) is 0 Å². The summed E-state index contributed by atoms with van der Waals surface area (Å²) in [5.41, 5.74) is 15.6. The van der Waals surface area contributed by atoms with E-state index >= 15 is 0 Å². The second kappa shape index (κ2) is 14.4. The molecule has 4 heteroatoms. The molecular formula is C56H48N4. The van der Waals surface area contributed by atoms with Gasteiger partial charge in [-0.25, -0.2) is 0 Å². The third kappa shape index (κ3) is 5.44. The average Bonchev–Trinajstić information content (AvgIpc) is 4.02. The van der Waals surface area contributed by atoms with Gasteiger partial charge in [0.25, 0.3) is 0 Å². The summed E-state index contributed by atoms with van der Waals surface area (Å²) in [5, 5.41) is 10.7. The number of hydrogen-bond donors (Lipinski definition) is 0. The zero-order chi connectivity index (χ0) is 40.5. The molecule has 0 saturated carbocycles. The molecule has 12 aromatic rings. The molecule has 0 bridgehead atoms. The lowest BCUT2D eigenvalue weighted by molar-refractivity contribution is 0.827. The first-order chi connectivity index (χ1) is 29.6. The lowest BCUT2D eigenvalue weighted by atomic mass is 10.0. The molecule has 0 fully saturated rings. The smallest absolute Gasteiger partial charge is 0.0497 e. The minimum atomic E-state index is 0.969. The molecule has 0 N–H and O–H groups in total. The van der Waals surface area contributed by atoms with Gasteiger partial charge in [0.05, 0.1) is 0 Å². The maximum atomic E-state index is 2.43. The molecule has 12 rings (SSSR count). The summed E-state index contributed by atoms with van der Waals surface area (Å²) in [7, 11) is 0. The van der Waals surface area contributed by atoms with Crippen LogP contribution in [-0.2, 0) is 26.2 Å². The van der Waals surface area contributed by atoms with E-state index in [2.05, 4.69) is 216 Å². The van der Waals surface area contributed by atoms with Crippen molar-refractivity contribution in [3.8, 4) is 22.3 Å². The number of aromatic nitrogens is 4. The van der Waals surface area contributed by atoms with E-state index in [0.29, 0.717) is 0 Å². The molecule has 0 amide bonds. The van der Waals surface area contributed by atoms with Crippen LogP contribution in [0.25, 0.3) is 109 Å². The van der Waals surface area contributed by atoms with E-state index in [1.54, 1.807) is 0 Å². The van der Waals surface area contributed by atoms with Crippen LogP contribution >= 0.6 is 0 Å². The zero-order valence-electron chi connectivity index (χ0n) is 34.8. The Morgan fingerprint density at radius 1 is 0.233 bits per heavy atom. The molecule has 8 aromatic carbocycles. The molecule has 0 atom stereocenters. The highest BCUT2D eigenvalue weighted by molar-refractivity contribution is 6.13. The Bertz CT molecular complexity index is 3480. The Morgan fingerprint density at radius 3 is 0.833 bits per heavy atom. The van der Waals surface area contributed by atoms with Gasteiger partial charge in [0, 0.05) is 113 Å². The third-order valence-corrected chi connectivity index (χ3v) is 13.0. The molecular weight excluding hydrogens is 729 g/mol. The summed E-state index contributed by atoms with van der Waals surface area (Å²) < 4.78 is 9.69. The van der Waals surface area contributed by atoms with Crippen LogP contribution in [0.15, 0.2) is 170 Å². The molecule has 0 aliphatic rings. The highest BCUT2D eigenvalue weighted by Gasteiger charge is 2.15. The van der Waals surface area contributed by atoms with E-state index in [1.165, 1.54) is 109 Å². The van der Waals surface area contributed by atoms with Crippen molar-refractivity contribution in [2.45, 2.75) is 53.9 Å². The Balaban J connectivity index is 0.000000136. The summed E-state index contributed by atoms with van der Waals surface area (Å²) in [5.74, 6) is 0. The fraction of sp³-hybridized carbons (Fsp3) is 0.143. The molecule has 0 aliphatic heterocycles. The molecule has 4 aromatic heterocycles. The summed E-state index contributed by atoms with van der Waals surface area (Å²) in [6, 6.07) is 62.6. The van der Waals surface area contributed by atoms with Crippen LogP contribution in [0.4, 0.5) is 0 Å². The molecule has 0 radical (unpaired) electrons. The maximum Gasteiger partial charge on any atom is 0.0497 e. The third-order valence-electron chi connectivity index (χ3n) is 13.0. The van der Waals surface area contributed by atoms with Crippen molar-refractivity contribution in [2.24, 2.45) is 0 Å². The predicted octanol–water partition coefficient (Wildman–Crippen LogP) is 15.2. The molecule has 292 valence electrons. The highest BCUT2D eigenvalue weighted by atomic mass is 15.0. The van der Waals surface area contributed by atoms with Gasteiger partial charge in [0.2, 0.25) is 0 Å². The van der Waals surface area contributed by atoms with Crippen LogP contribution in [0, 0.1) is 0 Å². The van der Waals surface area contributed by atoms with Gasteiger partial charge in [0.1, 0.15) is 0 Å². The van der Waals surface area contributed by atoms with Crippen molar-refractivity contribution in [3.63, 3.8) is 0 Å². The lowest BCUT2D eigenvalue weighted by Crippen LogP contribution is -1.94. The number of fused-ring (bicyclic) bond motifs is 12. The van der Waals surface area contributed by atoms with Gasteiger partial charge in [-0.15, -0.1) is 0 Å². The van der Waals surface area contributed by atoms with Crippen LogP contribution in [0.2, 0.25) is 0 Å². The van der Waals surface area contributed by atoms with Crippen LogP contribution in [0.1, 0.15) is 27.7 Å². The van der Waals surface area contributed by atoms with Gasteiger partial charge in [0.15, 0.2) is 0 Å². The first-order valence-electron chi connectivity index (χ1n) is 21.6. The van der Waals surface area contributed by atoms with Gasteiger partial charge >= 0.3 is 0 Å². The van der Waals surface area contributed by atoms with E-state index in [4.69, 9.17) is 0 Å². The standard InChI is InChI=1S/2C28H24N2/c1-3-29-26-12-8-6-10-22(26)24-17-19(14-16-27(24)29)20-13-15-23-21-9-5-7-11-25(21)30(4-2)28(23)18-20;1-3-29-25-11-7-5-9-21(25)23-15-13-19(17-27(23)29)20-14-16-24-22-10-6-8-12-26(22)30(4-2)28(24)18-20/h2*5-18H,3-4H2,1-2H3. The number of nitrogens with zero attached hydrogens (tertiary/aromatic N) is 4. The normalized spacial score (nSPS) is 11.9. The molecule has 4 nitrogen and oxygen atoms in total. The maximum absolute atomic E-state index is 2.43. The topological polar surface area (TPSA) is 19.7 Å². The van der Waals surface area contributed by atoms with Crippen molar-refractivity contribution < 1.29 is 0 Å². The highest BCUT2D eigenvalue weighted by Crippen LogP contribution is 2.38. The number of hydrogen-bond acceptors (Lipinski definition) is 0. The first-order valence-corrected chi connectivity index (χ1v) is 21.6. The second-order valence-electron chi connectivity index (χ2n) is 16.0. The van der Waals surface area contributed by atoms with Gasteiger partial charge in [-0.1, -0.05) is 115 Å². The summed E-state index contributed by atoms with van der Waals surface area (Å²) in [4.78, 5) is 0. The second-order valence-corrected chi connectivity index (χ2v) is 16.0. The quantitative estimate of drug-likeness (QED) is 0.160. The Labute approximate surface area is 350 Å². The minimum Gasteiger partial charge on any atom is -0.341 e. The first kappa shape index (κ1) is 36.1. The number of aryl methyl sites for hydroxylation is 4. The molecule has 4 heterocycles. The predicted molar refractivity (Wildman–Crippen MR) is 258 cm³/mol. The molecule has 0 saturated heterocycles. The van der Waals surface area contributed by atoms with Gasteiger partial charge < -0.3 is 18.3 Å². The van der Waals surface area contributed by atoms with Crippen LogP contribution in [0.5, 0.6) is 0 Å². The van der Waals surface area contributed by atoms with Crippen LogP contribution in [-0.4, -0.2) is 18.3 Å². The number of rotatable bonds is 6. The Kier molecular flexibility index (Phi) is 8.63. The molecule has 0 spiro atoms. The van der Waals surface area contributed by atoms with Gasteiger partial charge in [-0.05, 0) is 105 Å². The molecule has 0 unspecified atom stereocenters. The van der Waals surface area contributed by atoms with Gasteiger partial charge in [-0.3, -0.25) is 0 Å². The largest absolute Gasteiger partial charge is 0.341 e. The van der Waals surface area contributed by atoms with E-state index < -0.39 is 0 Å². The monoisotopic (exact) mass is 776 g/mol. The van der Waals surface area contributed by atoms with Crippen molar-refractivity contribution in [1.82, 2.24) is 18.3 Å². The summed E-state index contributed by atoms with van der Waals surface area (Å²) in [6.45, 7) is 12.8. The minimum absolute atomic E-state index is 0.969. The van der Waals surface area contributed by atoms with Gasteiger partial charge in [-0.2, -0.15) is 0 Å². The van der Waals surface area contributed by atoms with Crippen molar-refractivity contribution >= 4 is 87.2 Å². The van der Waals surface area contributed by atoms with Crippen LogP contribution in [0.3, 0.4) is 0 Å². The molecule has 60 heavy (non-hydrogen) atoms. The number of para-hydroxylation sites is 4. The van der Waals surface area contributed by atoms with E-state index in [-0.39, 0.29) is 0 Å². The number of benzene rings is 8. The average molecular weight is 777 g/mol. The summed E-state index contributed by atoms with van der Waals surface area (Å²) in [6.07, 6.45) is 0. The van der Waals surface area contributed by atoms with Crippen molar-refractivity contribution in [1.29, 1.82) is 0 Å². The van der Waals surface area contributed by atoms with Crippen LogP contribution < -0.4 is 0 Å². The Morgan fingerprint density at radius 2 is 0.483 bits per heavy atom. The SMILES string of the molecule is CCn1c2ccccc2c2cc(-c3ccc4c5ccccc5n(CC)c4c3)ccc21.CCn1c2ccccc2c2ccc(-c3ccc4c5ccccc5n(CC)c4c3)cc21. The fourth-order valence-electron chi connectivity index (χ4n) is 10.3. The lowest BCUT2D eigenvalue weighted by Gasteiger charge is -2.08. The fourth-order valence-corrected chi connectivity index (χ4v) is 10.3. The zero-order valence-corrected chi connectivity index (χ0v) is 34.8. The molecule has 0 aliphatic carbocycles. The van der Waals surface area contributed by atoms with Crippen molar-refractivity contribution in [2.75, 3.05) is 0 Å². The van der Waals surface area contributed by atoms with E-state index in [0.717, 1.165) is 26.2 Å². The Hall–Kier alpha value is -7.04. The summed E-state index contributed by atoms with van der Waals surface area (Å²) >= 11 is 0.